The van der Waals surface area contributed by atoms with Gasteiger partial charge in [-0.3, -0.25) is 9.69 Å². The van der Waals surface area contributed by atoms with Crippen LogP contribution in [0.4, 0.5) is 4.39 Å². The van der Waals surface area contributed by atoms with Crippen molar-refractivity contribution in [1.29, 1.82) is 0 Å². The number of aromatic nitrogens is 2. The van der Waals surface area contributed by atoms with Gasteiger partial charge in [-0.25, -0.2) is 4.39 Å². The van der Waals surface area contributed by atoms with Crippen molar-refractivity contribution in [2.75, 3.05) is 13.1 Å². The number of carboxylic acid groups (broad SMARTS) is 1. The molecule has 0 atom stereocenters. The predicted octanol–water partition coefficient (Wildman–Crippen LogP) is 5.23. The lowest BCUT2D eigenvalue weighted by molar-refractivity contribution is -0.147. The third-order valence-electron chi connectivity index (χ3n) is 7.47. The average Bonchev–Trinajstić information content (AvgIpc) is 3.30. The van der Waals surface area contributed by atoms with E-state index in [0.717, 1.165) is 55.3 Å². The van der Waals surface area contributed by atoms with E-state index in [4.69, 9.17) is 9.63 Å². The Kier molecular flexibility index (Phi) is 6.46. The van der Waals surface area contributed by atoms with Gasteiger partial charge in [-0.15, -0.1) is 0 Å². The Morgan fingerprint density at radius 3 is 2.53 bits per heavy atom. The average molecular weight is 464 g/mol. The SMILES string of the molecule is O=C(O)C1CN(Cc2ccc(-c3noc(CCC4(c5ccccc5F)CCCCC4)n3)cc2)C1. The highest BCUT2D eigenvalue weighted by Gasteiger charge is 2.36. The highest BCUT2D eigenvalue weighted by Crippen LogP contribution is 2.44. The molecule has 2 aromatic carbocycles. The Hall–Kier alpha value is -3.06. The number of aryl methyl sites for hydroxylation is 1. The summed E-state index contributed by atoms with van der Waals surface area (Å²) in [5.74, 6) is 0.0547. The monoisotopic (exact) mass is 463 g/mol. The molecule has 34 heavy (non-hydrogen) atoms. The van der Waals surface area contributed by atoms with Crippen LogP contribution in [0.15, 0.2) is 53.1 Å². The van der Waals surface area contributed by atoms with Crippen LogP contribution in [-0.4, -0.2) is 39.2 Å². The molecule has 1 saturated carbocycles. The molecular weight excluding hydrogens is 433 g/mol. The Morgan fingerprint density at radius 1 is 1.09 bits per heavy atom. The first kappa shape index (κ1) is 22.7. The molecule has 2 aliphatic rings. The minimum Gasteiger partial charge on any atom is -0.481 e. The summed E-state index contributed by atoms with van der Waals surface area (Å²) in [7, 11) is 0. The standard InChI is InChI=1S/C27H30FN3O3/c28-23-7-3-2-6-22(23)27(13-4-1-5-14-27)15-12-24-29-25(30-34-24)20-10-8-19(9-11-20)16-31-17-21(18-31)26(32)33/h2-3,6-11,21H,1,4-5,12-18H2,(H,32,33). The molecule has 5 rings (SSSR count). The number of nitrogens with zero attached hydrogens (tertiary/aromatic N) is 3. The Labute approximate surface area is 198 Å². The first-order chi connectivity index (χ1) is 16.5. The molecule has 1 aliphatic heterocycles. The van der Waals surface area contributed by atoms with Gasteiger partial charge in [0.25, 0.3) is 0 Å². The summed E-state index contributed by atoms with van der Waals surface area (Å²) in [5, 5.41) is 13.2. The molecule has 1 aromatic heterocycles. The number of carbonyl (C=O) groups is 1. The molecular formula is C27H30FN3O3. The molecule has 1 saturated heterocycles. The third kappa shape index (κ3) is 4.75. The van der Waals surface area contributed by atoms with Gasteiger partial charge in [-0.2, -0.15) is 4.98 Å². The van der Waals surface area contributed by atoms with E-state index in [1.54, 1.807) is 12.1 Å². The number of hydrogen-bond acceptors (Lipinski definition) is 5. The highest BCUT2D eigenvalue weighted by atomic mass is 19.1. The fourth-order valence-electron chi connectivity index (χ4n) is 5.47. The van der Waals surface area contributed by atoms with E-state index in [2.05, 4.69) is 15.0 Å². The van der Waals surface area contributed by atoms with Crippen LogP contribution in [0.1, 0.15) is 55.5 Å². The van der Waals surface area contributed by atoms with Gasteiger partial charge in [0, 0.05) is 31.6 Å². The summed E-state index contributed by atoms with van der Waals surface area (Å²) in [6.07, 6.45) is 6.82. The van der Waals surface area contributed by atoms with Gasteiger partial charge in [0.15, 0.2) is 0 Å². The largest absolute Gasteiger partial charge is 0.481 e. The summed E-state index contributed by atoms with van der Waals surface area (Å²) >= 11 is 0. The van der Waals surface area contributed by atoms with Crippen molar-refractivity contribution in [3.8, 4) is 11.4 Å². The second-order valence-electron chi connectivity index (χ2n) is 9.76. The number of hydrogen-bond donors (Lipinski definition) is 1. The maximum Gasteiger partial charge on any atom is 0.309 e. The third-order valence-corrected chi connectivity index (χ3v) is 7.47. The van der Waals surface area contributed by atoms with Crippen molar-refractivity contribution >= 4 is 5.97 Å². The van der Waals surface area contributed by atoms with Crippen molar-refractivity contribution in [2.45, 2.75) is 56.9 Å². The van der Waals surface area contributed by atoms with Gasteiger partial charge >= 0.3 is 5.97 Å². The fourth-order valence-corrected chi connectivity index (χ4v) is 5.47. The second-order valence-corrected chi connectivity index (χ2v) is 9.76. The molecule has 0 radical (unpaired) electrons. The van der Waals surface area contributed by atoms with Crippen molar-refractivity contribution in [3.63, 3.8) is 0 Å². The maximum atomic E-state index is 14.7. The van der Waals surface area contributed by atoms with Crippen molar-refractivity contribution in [3.05, 3.63) is 71.4 Å². The van der Waals surface area contributed by atoms with Gasteiger partial charge in [-0.1, -0.05) is 66.9 Å². The fraction of sp³-hybridized carbons (Fsp3) is 0.444. The van der Waals surface area contributed by atoms with E-state index in [1.165, 1.54) is 6.42 Å². The number of likely N-dealkylation sites (tertiary alicyclic amines) is 1. The van der Waals surface area contributed by atoms with Crippen molar-refractivity contribution in [1.82, 2.24) is 15.0 Å². The molecule has 1 aliphatic carbocycles. The van der Waals surface area contributed by atoms with Crippen LogP contribution in [-0.2, 0) is 23.2 Å². The Bertz CT molecular complexity index is 1130. The summed E-state index contributed by atoms with van der Waals surface area (Å²) < 4.78 is 20.2. The van der Waals surface area contributed by atoms with Crippen LogP contribution in [0.5, 0.6) is 0 Å². The van der Waals surface area contributed by atoms with Crippen LogP contribution in [0.3, 0.4) is 0 Å². The topological polar surface area (TPSA) is 79.5 Å². The maximum absolute atomic E-state index is 14.7. The summed E-state index contributed by atoms with van der Waals surface area (Å²) in [5.41, 5.74) is 2.66. The second kappa shape index (κ2) is 9.66. The lowest BCUT2D eigenvalue weighted by Gasteiger charge is -2.38. The zero-order valence-electron chi connectivity index (χ0n) is 19.3. The summed E-state index contributed by atoms with van der Waals surface area (Å²) in [4.78, 5) is 17.7. The zero-order chi connectivity index (χ0) is 23.5. The minimum atomic E-state index is -0.720. The molecule has 2 heterocycles. The number of rotatable bonds is 8. The van der Waals surface area contributed by atoms with Crippen LogP contribution >= 0.6 is 0 Å². The minimum absolute atomic E-state index is 0.118. The van der Waals surface area contributed by atoms with Crippen molar-refractivity contribution in [2.24, 2.45) is 5.92 Å². The zero-order valence-corrected chi connectivity index (χ0v) is 19.3. The molecule has 178 valence electrons. The summed E-state index contributed by atoms with van der Waals surface area (Å²) in [6, 6.07) is 15.2. The summed E-state index contributed by atoms with van der Waals surface area (Å²) in [6.45, 7) is 1.93. The van der Waals surface area contributed by atoms with Crippen LogP contribution in [0.25, 0.3) is 11.4 Å². The van der Waals surface area contributed by atoms with E-state index >= 15 is 0 Å². The molecule has 0 amide bonds. The molecule has 0 unspecified atom stereocenters. The number of halogens is 1. The van der Waals surface area contributed by atoms with Gasteiger partial charge in [0.1, 0.15) is 5.82 Å². The van der Waals surface area contributed by atoms with Gasteiger partial charge < -0.3 is 9.63 Å². The molecule has 2 fully saturated rings. The van der Waals surface area contributed by atoms with Gasteiger partial charge in [-0.05, 0) is 41.9 Å². The van der Waals surface area contributed by atoms with E-state index in [0.29, 0.717) is 31.2 Å². The molecule has 3 aromatic rings. The number of carboxylic acids is 1. The van der Waals surface area contributed by atoms with E-state index in [-0.39, 0.29) is 17.2 Å². The molecule has 7 heteroatoms. The first-order valence-corrected chi connectivity index (χ1v) is 12.1. The molecule has 6 nitrogen and oxygen atoms in total. The predicted molar refractivity (Wildman–Crippen MR) is 126 cm³/mol. The van der Waals surface area contributed by atoms with E-state index in [1.807, 2.05) is 36.4 Å². The number of aliphatic carboxylic acids is 1. The number of benzene rings is 2. The van der Waals surface area contributed by atoms with E-state index in [9.17, 15) is 9.18 Å². The van der Waals surface area contributed by atoms with Crippen LogP contribution in [0.2, 0.25) is 0 Å². The normalized spacial score (nSPS) is 18.5. The van der Waals surface area contributed by atoms with E-state index < -0.39 is 5.97 Å². The lowest BCUT2D eigenvalue weighted by Crippen LogP contribution is -2.49. The quantitative estimate of drug-likeness (QED) is 0.493. The van der Waals surface area contributed by atoms with Crippen LogP contribution in [0, 0.1) is 11.7 Å². The van der Waals surface area contributed by atoms with Gasteiger partial charge in [0.2, 0.25) is 11.7 Å². The van der Waals surface area contributed by atoms with Gasteiger partial charge in [0.05, 0.1) is 5.92 Å². The molecule has 0 bridgehead atoms. The smallest absolute Gasteiger partial charge is 0.309 e. The first-order valence-electron chi connectivity index (χ1n) is 12.1. The Morgan fingerprint density at radius 2 is 1.82 bits per heavy atom. The van der Waals surface area contributed by atoms with Crippen LogP contribution < -0.4 is 0 Å². The molecule has 0 spiro atoms. The molecule has 1 N–H and O–H groups in total. The lowest BCUT2D eigenvalue weighted by atomic mass is 9.66. The van der Waals surface area contributed by atoms with Crippen molar-refractivity contribution < 1.29 is 18.8 Å². The highest BCUT2D eigenvalue weighted by molar-refractivity contribution is 5.71. The Balaban J connectivity index is 1.22.